The van der Waals surface area contributed by atoms with Gasteiger partial charge in [0.2, 0.25) is 11.8 Å². The summed E-state index contributed by atoms with van der Waals surface area (Å²) in [5.74, 6) is -1.34. The highest BCUT2D eigenvalue weighted by Gasteiger charge is 2.20. The van der Waals surface area contributed by atoms with Gasteiger partial charge in [0, 0.05) is 12.1 Å². The van der Waals surface area contributed by atoms with Crippen LogP contribution in [0.1, 0.15) is 37.3 Å². The van der Waals surface area contributed by atoms with E-state index in [2.05, 4.69) is 10.6 Å². The monoisotopic (exact) mass is 382 g/mol. The van der Waals surface area contributed by atoms with Crippen LogP contribution < -0.4 is 10.6 Å². The Bertz CT molecular complexity index is 805. The molecule has 2 aromatic rings. The number of carbonyl (C=O) groups is 3. The standard InChI is InChI=1S/C22H26N2O4/c1-2-7-19(24-20(25)15-16-8-4-3-5-9-16)22(28)23-18-11-6-10-17(14-18)12-13-21(26)27/h3-6,8-11,14,19H,2,7,12-13,15H2,1H3,(H,23,28)(H,24,25)(H,26,27). The first-order valence-corrected chi connectivity index (χ1v) is 9.42. The normalized spacial score (nSPS) is 11.5. The van der Waals surface area contributed by atoms with Crippen molar-refractivity contribution in [3.63, 3.8) is 0 Å². The SMILES string of the molecule is CCCC(NC(=O)Cc1ccccc1)C(=O)Nc1cccc(CCC(=O)O)c1. The van der Waals surface area contributed by atoms with Crippen molar-refractivity contribution in [3.05, 3.63) is 65.7 Å². The third-order valence-electron chi connectivity index (χ3n) is 4.26. The van der Waals surface area contributed by atoms with Gasteiger partial charge in [-0.3, -0.25) is 14.4 Å². The molecule has 0 heterocycles. The van der Waals surface area contributed by atoms with Gasteiger partial charge in [-0.05, 0) is 36.1 Å². The zero-order valence-corrected chi connectivity index (χ0v) is 16.0. The van der Waals surface area contributed by atoms with E-state index in [4.69, 9.17) is 5.11 Å². The number of aliphatic carboxylic acids is 1. The minimum Gasteiger partial charge on any atom is -0.481 e. The molecule has 0 aliphatic carbocycles. The van der Waals surface area contributed by atoms with Gasteiger partial charge < -0.3 is 15.7 Å². The molecule has 1 atom stereocenters. The number of benzene rings is 2. The number of amides is 2. The molecule has 0 aliphatic heterocycles. The van der Waals surface area contributed by atoms with E-state index in [0.717, 1.165) is 17.5 Å². The van der Waals surface area contributed by atoms with Gasteiger partial charge in [0.15, 0.2) is 0 Å². The molecule has 0 saturated heterocycles. The zero-order chi connectivity index (χ0) is 20.4. The van der Waals surface area contributed by atoms with E-state index in [0.29, 0.717) is 18.5 Å². The Morgan fingerprint density at radius 2 is 1.71 bits per heavy atom. The first-order valence-electron chi connectivity index (χ1n) is 9.42. The summed E-state index contributed by atoms with van der Waals surface area (Å²) in [5.41, 5.74) is 2.31. The van der Waals surface area contributed by atoms with Crippen molar-refractivity contribution in [2.75, 3.05) is 5.32 Å². The Morgan fingerprint density at radius 1 is 1.00 bits per heavy atom. The minimum absolute atomic E-state index is 0.0331. The Balaban J connectivity index is 1.97. The van der Waals surface area contributed by atoms with E-state index in [-0.39, 0.29) is 24.7 Å². The highest BCUT2D eigenvalue weighted by molar-refractivity contribution is 5.97. The molecule has 0 bridgehead atoms. The number of rotatable bonds is 10. The molecule has 2 aromatic carbocycles. The fourth-order valence-corrected chi connectivity index (χ4v) is 2.87. The second-order valence-electron chi connectivity index (χ2n) is 6.65. The maximum Gasteiger partial charge on any atom is 0.303 e. The highest BCUT2D eigenvalue weighted by Crippen LogP contribution is 2.13. The molecule has 1 unspecified atom stereocenters. The molecule has 6 nitrogen and oxygen atoms in total. The van der Waals surface area contributed by atoms with Crippen LogP contribution >= 0.6 is 0 Å². The van der Waals surface area contributed by atoms with Gasteiger partial charge in [-0.25, -0.2) is 0 Å². The Labute approximate surface area is 165 Å². The van der Waals surface area contributed by atoms with Gasteiger partial charge in [-0.2, -0.15) is 0 Å². The lowest BCUT2D eigenvalue weighted by Crippen LogP contribution is -2.44. The number of anilines is 1. The van der Waals surface area contributed by atoms with E-state index in [1.54, 1.807) is 18.2 Å². The molecular weight excluding hydrogens is 356 g/mol. The van der Waals surface area contributed by atoms with Crippen molar-refractivity contribution in [3.8, 4) is 0 Å². The van der Waals surface area contributed by atoms with Crippen LogP contribution in [0, 0.1) is 0 Å². The molecule has 0 spiro atoms. The lowest BCUT2D eigenvalue weighted by Gasteiger charge is -2.18. The van der Waals surface area contributed by atoms with Gasteiger partial charge in [0.1, 0.15) is 6.04 Å². The second kappa shape index (κ2) is 10.9. The molecule has 2 rings (SSSR count). The number of nitrogens with one attached hydrogen (secondary N) is 2. The summed E-state index contributed by atoms with van der Waals surface area (Å²) in [6.45, 7) is 1.95. The topological polar surface area (TPSA) is 95.5 Å². The summed E-state index contributed by atoms with van der Waals surface area (Å²) >= 11 is 0. The minimum atomic E-state index is -0.862. The summed E-state index contributed by atoms with van der Waals surface area (Å²) in [6.07, 6.45) is 1.93. The van der Waals surface area contributed by atoms with E-state index in [1.165, 1.54) is 0 Å². The Hall–Kier alpha value is -3.15. The molecular formula is C22H26N2O4. The Kier molecular flexibility index (Phi) is 8.21. The molecule has 28 heavy (non-hydrogen) atoms. The fraction of sp³-hybridized carbons (Fsp3) is 0.318. The fourth-order valence-electron chi connectivity index (χ4n) is 2.87. The number of carboxylic acids is 1. The van der Waals surface area contributed by atoms with E-state index in [1.807, 2.05) is 43.3 Å². The number of hydrogen-bond acceptors (Lipinski definition) is 3. The predicted octanol–water partition coefficient (Wildman–Crippen LogP) is 3.17. The summed E-state index contributed by atoms with van der Waals surface area (Å²) < 4.78 is 0. The lowest BCUT2D eigenvalue weighted by molar-refractivity contribution is -0.137. The van der Waals surface area contributed by atoms with Gasteiger partial charge in [-0.1, -0.05) is 55.8 Å². The quantitative estimate of drug-likeness (QED) is 0.588. The molecule has 0 aliphatic rings. The van der Waals surface area contributed by atoms with Crippen molar-refractivity contribution >= 4 is 23.5 Å². The van der Waals surface area contributed by atoms with Crippen molar-refractivity contribution < 1.29 is 19.5 Å². The summed E-state index contributed by atoms with van der Waals surface area (Å²) in [6, 6.07) is 15.9. The van der Waals surface area contributed by atoms with Crippen LogP contribution in [0.4, 0.5) is 5.69 Å². The second-order valence-corrected chi connectivity index (χ2v) is 6.65. The van der Waals surface area contributed by atoms with Crippen molar-refractivity contribution in [2.24, 2.45) is 0 Å². The zero-order valence-electron chi connectivity index (χ0n) is 16.0. The maximum absolute atomic E-state index is 12.6. The van der Waals surface area contributed by atoms with Crippen LogP contribution in [0.3, 0.4) is 0 Å². The number of hydrogen-bond donors (Lipinski definition) is 3. The summed E-state index contributed by atoms with van der Waals surface area (Å²) in [4.78, 5) is 35.7. The smallest absolute Gasteiger partial charge is 0.303 e. The molecule has 0 saturated carbocycles. The third-order valence-corrected chi connectivity index (χ3v) is 4.26. The third kappa shape index (κ3) is 7.23. The van der Waals surface area contributed by atoms with Crippen molar-refractivity contribution in [1.82, 2.24) is 5.32 Å². The molecule has 0 fully saturated rings. The van der Waals surface area contributed by atoms with Crippen LogP contribution in [0.25, 0.3) is 0 Å². The molecule has 6 heteroatoms. The average Bonchev–Trinajstić information content (AvgIpc) is 2.67. The average molecular weight is 382 g/mol. The number of carboxylic acid groups (broad SMARTS) is 1. The van der Waals surface area contributed by atoms with Crippen LogP contribution in [0.2, 0.25) is 0 Å². The first kappa shape index (κ1) is 21.2. The van der Waals surface area contributed by atoms with Crippen molar-refractivity contribution in [2.45, 2.75) is 45.1 Å². The number of aryl methyl sites for hydroxylation is 1. The van der Waals surface area contributed by atoms with Crippen molar-refractivity contribution in [1.29, 1.82) is 0 Å². The van der Waals surface area contributed by atoms with Gasteiger partial charge >= 0.3 is 5.97 Å². The van der Waals surface area contributed by atoms with E-state index in [9.17, 15) is 14.4 Å². The largest absolute Gasteiger partial charge is 0.481 e. The molecule has 2 amide bonds. The molecule has 0 aromatic heterocycles. The molecule has 0 radical (unpaired) electrons. The van der Waals surface area contributed by atoms with Crippen LogP contribution in [0.5, 0.6) is 0 Å². The van der Waals surface area contributed by atoms with Gasteiger partial charge in [0.05, 0.1) is 6.42 Å². The summed E-state index contributed by atoms with van der Waals surface area (Å²) in [5, 5.41) is 14.4. The van der Waals surface area contributed by atoms with Gasteiger partial charge in [-0.15, -0.1) is 0 Å². The summed E-state index contributed by atoms with van der Waals surface area (Å²) in [7, 11) is 0. The Morgan fingerprint density at radius 3 is 2.39 bits per heavy atom. The van der Waals surface area contributed by atoms with Crippen LogP contribution in [-0.2, 0) is 27.2 Å². The predicted molar refractivity (Wildman–Crippen MR) is 108 cm³/mol. The highest BCUT2D eigenvalue weighted by atomic mass is 16.4. The van der Waals surface area contributed by atoms with E-state index < -0.39 is 12.0 Å². The molecule has 3 N–H and O–H groups in total. The maximum atomic E-state index is 12.6. The van der Waals surface area contributed by atoms with Gasteiger partial charge in [0.25, 0.3) is 0 Å². The van der Waals surface area contributed by atoms with E-state index >= 15 is 0 Å². The number of carbonyl (C=O) groups excluding carboxylic acids is 2. The molecule has 148 valence electrons. The first-order chi connectivity index (χ1) is 13.5. The van der Waals surface area contributed by atoms with Crippen LogP contribution in [-0.4, -0.2) is 28.9 Å². The van der Waals surface area contributed by atoms with Crippen LogP contribution in [0.15, 0.2) is 54.6 Å². The lowest BCUT2D eigenvalue weighted by atomic mass is 10.1.